The molecule has 2 heterocycles. The van der Waals surface area contributed by atoms with E-state index in [2.05, 4.69) is 10.3 Å². The molecule has 136 valence electrons. The van der Waals surface area contributed by atoms with Crippen LogP contribution in [0.4, 0.5) is 5.69 Å². The van der Waals surface area contributed by atoms with E-state index in [0.717, 1.165) is 16.8 Å². The fraction of sp³-hybridized carbons (Fsp3) is 0.350. The van der Waals surface area contributed by atoms with E-state index in [1.54, 1.807) is 31.1 Å². The van der Waals surface area contributed by atoms with E-state index in [4.69, 9.17) is 4.74 Å². The summed E-state index contributed by atoms with van der Waals surface area (Å²) in [4.78, 5) is 30.7. The number of aryl methyl sites for hydroxylation is 1. The molecular weight excluding hydrogens is 330 g/mol. The predicted octanol–water partition coefficient (Wildman–Crippen LogP) is 2.60. The number of anilines is 1. The molecule has 0 unspecified atom stereocenters. The number of benzene rings is 1. The number of carbonyl (C=O) groups excluding carboxylic acids is 2. The first-order valence-corrected chi connectivity index (χ1v) is 8.64. The summed E-state index contributed by atoms with van der Waals surface area (Å²) in [6.45, 7) is 6.18. The molecule has 1 N–H and O–H groups in total. The van der Waals surface area contributed by atoms with Gasteiger partial charge in [-0.1, -0.05) is 12.1 Å². The molecule has 1 aromatic heterocycles. The summed E-state index contributed by atoms with van der Waals surface area (Å²) in [5.74, 6) is 0.409. The summed E-state index contributed by atoms with van der Waals surface area (Å²) in [6.07, 6.45) is 3.62. The smallest absolute Gasteiger partial charge is 0.270 e. The van der Waals surface area contributed by atoms with Gasteiger partial charge in [-0.25, -0.2) is 0 Å². The quantitative estimate of drug-likeness (QED) is 0.897. The van der Waals surface area contributed by atoms with Gasteiger partial charge in [-0.05, 0) is 50.1 Å². The Morgan fingerprint density at radius 1 is 1.31 bits per heavy atom. The molecule has 0 aliphatic carbocycles. The van der Waals surface area contributed by atoms with Gasteiger partial charge in [0.15, 0.2) is 5.60 Å². The van der Waals surface area contributed by atoms with Crippen LogP contribution in [-0.4, -0.2) is 28.9 Å². The molecule has 3 rings (SSSR count). The van der Waals surface area contributed by atoms with Crippen molar-refractivity contribution in [2.24, 2.45) is 0 Å². The van der Waals surface area contributed by atoms with Crippen LogP contribution in [0.25, 0.3) is 0 Å². The molecule has 1 aliphatic rings. The standard InChI is InChI=1S/C20H23N3O3/c1-14-6-7-17-16(11-14)23(19(25)20(2,3)26-17)10-8-18(24)22-13-15-5-4-9-21-12-15/h4-7,9,11-12H,8,10,13H2,1-3H3,(H,22,24). The van der Waals surface area contributed by atoms with Crippen molar-refractivity contribution in [2.45, 2.75) is 39.3 Å². The molecule has 0 saturated heterocycles. The number of nitrogens with one attached hydrogen (secondary N) is 1. The number of fused-ring (bicyclic) bond motifs is 1. The lowest BCUT2D eigenvalue weighted by atomic mass is 10.0. The SMILES string of the molecule is Cc1ccc2c(c1)N(CCC(=O)NCc1cccnc1)C(=O)C(C)(C)O2. The fourth-order valence-corrected chi connectivity index (χ4v) is 2.90. The van der Waals surface area contributed by atoms with Gasteiger partial charge in [-0.15, -0.1) is 0 Å². The van der Waals surface area contributed by atoms with Crippen LogP contribution >= 0.6 is 0 Å². The van der Waals surface area contributed by atoms with E-state index in [1.165, 1.54) is 0 Å². The highest BCUT2D eigenvalue weighted by molar-refractivity contribution is 6.02. The highest BCUT2D eigenvalue weighted by Crippen LogP contribution is 2.38. The van der Waals surface area contributed by atoms with Crippen molar-refractivity contribution in [1.82, 2.24) is 10.3 Å². The van der Waals surface area contributed by atoms with Crippen molar-refractivity contribution in [3.05, 3.63) is 53.9 Å². The molecule has 0 atom stereocenters. The van der Waals surface area contributed by atoms with Crippen molar-refractivity contribution < 1.29 is 14.3 Å². The molecule has 1 aromatic carbocycles. The van der Waals surface area contributed by atoms with Crippen LogP contribution in [0, 0.1) is 6.92 Å². The number of carbonyl (C=O) groups is 2. The minimum atomic E-state index is -0.950. The molecule has 0 bridgehead atoms. The highest BCUT2D eigenvalue weighted by atomic mass is 16.5. The van der Waals surface area contributed by atoms with Crippen molar-refractivity contribution in [3.8, 4) is 5.75 Å². The molecular formula is C20H23N3O3. The second kappa shape index (κ2) is 7.15. The number of ether oxygens (including phenoxy) is 1. The average Bonchev–Trinajstić information content (AvgIpc) is 2.62. The van der Waals surface area contributed by atoms with Crippen molar-refractivity contribution in [1.29, 1.82) is 0 Å². The van der Waals surface area contributed by atoms with E-state index in [9.17, 15) is 9.59 Å². The summed E-state index contributed by atoms with van der Waals surface area (Å²) >= 11 is 0. The molecule has 0 saturated carbocycles. The van der Waals surface area contributed by atoms with Crippen molar-refractivity contribution >= 4 is 17.5 Å². The molecule has 6 heteroatoms. The van der Waals surface area contributed by atoms with Gasteiger partial charge in [-0.3, -0.25) is 14.6 Å². The minimum absolute atomic E-state index is 0.111. The van der Waals surface area contributed by atoms with Crippen molar-refractivity contribution in [3.63, 3.8) is 0 Å². The van der Waals surface area contributed by atoms with Gasteiger partial charge < -0.3 is 15.0 Å². The van der Waals surface area contributed by atoms with Gasteiger partial charge in [0.05, 0.1) is 5.69 Å². The zero-order chi connectivity index (χ0) is 18.7. The number of hydrogen-bond acceptors (Lipinski definition) is 4. The van der Waals surface area contributed by atoms with Crippen molar-refractivity contribution in [2.75, 3.05) is 11.4 Å². The van der Waals surface area contributed by atoms with E-state index < -0.39 is 5.60 Å². The van der Waals surface area contributed by atoms with Crippen LogP contribution in [0.5, 0.6) is 5.75 Å². The lowest BCUT2D eigenvalue weighted by molar-refractivity contribution is -0.132. The van der Waals surface area contributed by atoms with Crippen LogP contribution in [0.1, 0.15) is 31.4 Å². The number of nitrogens with zero attached hydrogens (tertiary/aromatic N) is 2. The predicted molar refractivity (Wildman–Crippen MR) is 98.9 cm³/mol. The summed E-state index contributed by atoms with van der Waals surface area (Å²) < 4.78 is 5.83. The first kappa shape index (κ1) is 17.9. The molecule has 2 aromatic rings. The fourth-order valence-electron chi connectivity index (χ4n) is 2.90. The third-order valence-corrected chi connectivity index (χ3v) is 4.31. The second-order valence-electron chi connectivity index (χ2n) is 6.93. The maximum Gasteiger partial charge on any atom is 0.270 e. The Balaban J connectivity index is 1.67. The van der Waals surface area contributed by atoms with Gasteiger partial charge >= 0.3 is 0 Å². The highest BCUT2D eigenvalue weighted by Gasteiger charge is 2.40. The molecule has 0 radical (unpaired) electrons. The minimum Gasteiger partial charge on any atom is -0.476 e. The van der Waals surface area contributed by atoms with E-state index in [0.29, 0.717) is 18.8 Å². The lowest BCUT2D eigenvalue weighted by Crippen LogP contribution is -2.53. The molecule has 2 amide bonds. The summed E-state index contributed by atoms with van der Waals surface area (Å²) in [5.41, 5.74) is 1.74. The van der Waals surface area contributed by atoms with Gasteiger partial charge in [0.25, 0.3) is 5.91 Å². The van der Waals surface area contributed by atoms with E-state index >= 15 is 0 Å². The van der Waals surface area contributed by atoms with Crippen LogP contribution < -0.4 is 15.0 Å². The monoisotopic (exact) mass is 353 g/mol. The zero-order valence-corrected chi connectivity index (χ0v) is 15.3. The molecule has 26 heavy (non-hydrogen) atoms. The third kappa shape index (κ3) is 3.85. The van der Waals surface area contributed by atoms with Crippen LogP contribution in [0.15, 0.2) is 42.7 Å². The van der Waals surface area contributed by atoms with Crippen LogP contribution in [0.2, 0.25) is 0 Å². The Bertz CT molecular complexity index is 818. The first-order valence-electron chi connectivity index (χ1n) is 8.64. The van der Waals surface area contributed by atoms with E-state index in [1.807, 2.05) is 37.3 Å². The Morgan fingerprint density at radius 2 is 2.12 bits per heavy atom. The first-order chi connectivity index (χ1) is 12.4. The Hall–Kier alpha value is -2.89. The lowest BCUT2D eigenvalue weighted by Gasteiger charge is -2.38. The Morgan fingerprint density at radius 3 is 2.85 bits per heavy atom. The number of pyridine rings is 1. The number of amides is 2. The summed E-state index contributed by atoms with van der Waals surface area (Å²) in [5, 5.41) is 2.86. The topological polar surface area (TPSA) is 71.5 Å². The van der Waals surface area contributed by atoms with Gasteiger partial charge in [0.2, 0.25) is 5.91 Å². The summed E-state index contributed by atoms with van der Waals surface area (Å²) in [7, 11) is 0. The molecule has 0 spiro atoms. The Labute approximate surface area is 153 Å². The van der Waals surface area contributed by atoms with E-state index in [-0.39, 0.29) is 18.2 Å². The molecule has 1 aliphatic heterocycles. The number of hydrogen-bond donors (Lipinski definition) is 1. The third-order valence-electron chi connectivity index (χ3n) is 4.31. The number of aromatic nitrogens is 1. The zero-order valence-electron chi connectivity index (χ0n) is 15.3. The Kier molecular flexibility index (Phi) is 4.93. The maximum absolute atomic E-state index is 12.8. The molecule has 6 nitrogen and oxygen atoms in total. The van der Waals surface area contributed by atoms with Gasteiger partial charge in [-0.2, -0.15) is 0 Å². The summed E-state index contributed by atoms with van der Waals surface area (Å²) in [6, 6.07) is 9.46. The number of rotatable bonds is 5. The molecule has 0 fully saturated rings. The van der Waals surface area contributed by atoms with Gasteiger partial charge in [0, 0.05) is 31.9 Å². The second-order valence-corrected chi connectivity index (χ2v) is 6.93. The normalized spacial score (nSPS) is 15.2. The average molecular weight is 353 g/mol. The van der Waals surface area contributed by atoms with Crippen LogP contribution in [0.3, 0.4) is 0 Å². The van der Waals surface area contributed by atoms with Crippen LogP contribution in [-0.2, 0) is 16.1 Å². The van der Waals surface area contributed by atoms with Gasteiger partial charge in [0.1, 0.15) is 5.75 Å². The maximum atomic E-state index is 12.8. The largest absolute Gasteiger partial charge is 0.476 e.